The Bertz CT molecular complexity index is 1520. The first-order valence-electron chi connectivity index (χ1n) is 10.6. The molecule has 2 aromatic heterocycles. The predicted molar refractivity (Wildman–Crippen MR) is 133 cm³/mol. The maximum absolute atomic E-state index is 6.41. The number of nitrogens with two attached hydrogens (primary N) is 1. The number of ether oxygens (including phenoxy) is 1. The fourth-order valence-corrected chi connectivity index (χ4v) is 4.44. The molecular weight excluding hydrogens is 471 g/mol. The number of anilines is 1. The summed E-state index contributed by atoms with van der Waals surface area (Å²) in [5, 5.41) is 5.60. The number of nitrogens with zero attached hydrogens (tertiary/aromatic N) is 5. The van der Waals surface area contributed by atoms with Crippen LogP contribution in [0.3, 0.4) is 0 Å². The predicted octanol–water partition coefficient (Wildman–Crippen LogP) is 5.75. The van der Waals surface area contributed by atoms with E-state index in [0.717, 1.165) is 28.3 Å². The fraction of sp³-hybridized carbons (Fsp3) is 0.0800. The van der Waals surface area contributed by atoms with Gasteiger partial charge in [-0.05, 0) is 47.5 Å². The summed E-state index contributed by atoms with van der Waals surface area (Å²) in [6, 6.07) is 21.3. The number of nitrogen functional groups attached to an aromatic ring is 1. The zero-order valence-corrected chi connectivity index (χ0v) is 19.3. The summed E-state index contributed by atoms with van der Waals surface area (Å²) in [6.45, 7) is 1.15. The van der Waals surface area contributed by atoms with Crippen molar-refractivity contribution in [1.82, 2.24) is 24.3 Å². The molecule has 0 bridgehead atoms. The summed E-state index contributed by atoms with van der Waals surface area (Å²) < 4.78 is 9.76. The molecular formula is C25H18Cl2N6O. The molecule has 3 heterocycles. The minimum atomic E-state index is 0.148. The third-order valence-electron chi connectivity index (χ3n) is 5.70. The average molecular weight is 489 g/mol. The highest BCUT2D eigenvalue weighted by atomic mass is 35.5. The van der Waals surface area contributed by atoms with Crippen LogP contribution in [0.15, 0.2) is 72.9 Å². The van der Waals surface area contributed by atoms with Crippen LogP contribution in [0, 0.1) is 0 Å². The number of imidazole rings is 1. The van der Waals surface area contributed by atoms with Crippen LogP contribution in [0.25, 0.3) is 39.7 Å². The van der Waals surface area contributed by atoms with E-state index in [-0.39, 0.29) is 5.95 Å². The van der Waals surface area contributed by atoms with Crippen molar-refractivity contribution >= 4 is 29.2 Å². The monoisotopic (exact) mass is 488 g/mol. The Kier molecular flexibility index (Phi) is 5.01. The first kappa shape index (κ1) is 20.8. The van der Waals surface area contributed by atoms with Gasteiger partial charge in [0, 0.05) is 11.2 Å². The fourth-order valence-electron chi connectivity index (χ4n) is 4.10. The SMILES string of the molecule is Nc1nc(-c2cn3c(n2)-c2ccc(-c4ccc(Cl)cc4)cc2OCC3)n(-c2ccccc2Cl)n1. The minimum absolute atomic E-state index is 0.148. The van der Waals surface area contributed by atoms with E-state index in [1.54, 1.807) is 10.7 Å². The molecule has 7 nitrogen and oxygen atoms in total. The molecule has 0 unspecified atom stereocenters. The Labute approximate surface area is 205 Å². The Morgan fingerprint density at radius 3 is 2.50 bits per heavy atom. The molecule has 2 N–H and O–H groups in total. The molecule has 3 aromatic carbocycles. The van der Waals surface area contributed by atoms with Gasteiger partial charge in [0.2, 0.25) is 5.95 Å². The van der Waals surface area contributed by atoms with Crippen molar-refractivity contribution in [2.75, 3.05) is 12.3 Å². The Hall–Kier alpha value is -3.81. The van der Waals surface area contributed by atoms with Crippen molar-refractivity contribution < 1.29 is 4.74 Å². The van der Waals surface area contributed by atoms with E-state index in [1.807, 2.05) is 60.8 Å². The molecule has 5 aromatic rings. The van der Waals surface area contributed by atoms with E-state index >= 15 is 0 Å². The number of hydrogen-bond acceptors (Lipinski definition) is 5. The van der Waals surface area contributed by atoms with E-state index in [0.29, 0.717) is 40.4 Å². The third-order valence-corrected chi connectivity index (χ3v) is 6.27. The van der Waals surface area contributed by atoms with Crippen molar-refractivity contribution in [1.29, 1.82) is 0 Å². The van der Waals surface area contributed by atoms with Gasteiger partial charge in [-0.2, -0.15) is 4.98 Å². The lowest BCUT2D eigenvalue weighted by Crippen LogP contribution is -2.04. The molecule has 0 radical (unpaired) electrons. The van der Waals surface area contributed by atoms with E-state index in [2.05, 4.69) is 20.7 Å². The topological polar surface area (TPSA) is 83.8 Å². The van der Waals surface area contributed by atoms with Crippen LogP contribution in [-0.4, -0.2) is 30.9 Å². The first-order valence-corrected chi connectivity index (χ1v) is 11.4. The normalized spacial score (nSPS) is 12.5. The van der Waals surface area contributed by atoms with E-state index in [9.17, 15) is 0 Å². The third kappa shape index (κ3) is 3.59. The van der Waals surface area contributed by atoms with Crippen LogP contribution in [-0.2, 0) is 6.54 Å². The van der Waals surface area contributed by atoms with Crippen LogP contribution < -0.4 is 10.5 Å². The largest absolute Gasteiger partial charge is 0.491 e. The quantitative estimate of drug-likeness (QED) is 0.349. The lowest BCUT2D eigenvalue weighted by atomic mass is 10.0. The summed E-state index contributed by atoms with van der Waals surface area (Å²) in [5.41, 5.74) is 10.3. The van der Waals surface area contributed by atoms with Crippen LogP contribution in [0.5, 0.6) is 5.75 Å². The van der Waals surface area contributed by atoms with Gasteiger partial charge in [-0.25, -0.2) is 9.67 Å². The van der Waals surface area contributed by atoms with Gasteiger partial charge in [-0.15, -0.1) is 5.10 Å². The highest BCUT2D eigenvalue weighted by Crippen LogP contribution is 2.37. The van der Waals surface area contributed by atoms with Crippen molar-refractivity contribution in [3.8, 4) is 45.5 Å². The molecule has 168 valence electrons. The van der Waals surface area contributed by atoms with Gasteiger partial charge in [0.05, 0.1) is 22.8 Å². The molecule has 0 amide bonds. The van der Waals surface area contributed by atoms with Crippen LogP contribution in [0.4, 0.5) is 5.95 Å². The first-order chi connectivity index (χ1) is 16.6. The Morgan fingerprint density at radius 2 is 1.68 bits per heavy atom. The molecule has 0 atom stereocenters. The van der Waals surface area contributed by atoms with Gasteiger partial charge >= 0.3 is 0 Å². The number of aromatic nitrogens is 5. The van der Waals surface area contributed by atoms with Crippen molar-refractivity contribution in [3.05, 3.63) is 83.0 Å². The number of halogens is 2. The summed E-state index contributed by atoms with van der Waals surface area (Å²) in [6.07, 6.45) is 1.94. The molecule has 1 aliphatic heterocycles. The molecule has 6 rings (SSSR count). The second-order valence-corrected chi connectivity index (χ2v) is 8.71. The van der Waals surface area contributed by atoms with Gasteiger partial charge in [0.1, 0.15) is 23.9 Å². The number of fused-ring (bicyclic) bond motifs is 3. The van der Waals surface area contributed by atoms with Crippen LogP contribution in [0.2, 0.25) is 10.0 Å². The molecule has 0 saturated carbocycles. The molecule has 9 heteroatoms. The lowest BCUT2D eigenvalue weighted by molar-refractivity contribution is 0.307. The highest BCUT2D eigenvalue weighted by molar-refractivity contribution is 6.32. The van der Waals surface area contributed by atoms with Crippen molar-refractivity contribution in [2.24, 2.45) is 0 Å². The van der Waals surface area contributed by atoms with E-state index in [1.165, 1.54) is 0 Å². The van der Waals surface area contributed by atoms with Gasteiger partial charge in [-0.3, -0.25) is 0 Å². The maximum atomic E-state index is 6.41. The molecule has 0 aliphatic carbocycles. The van der Waals surface area contributed by atoms with Crippen molar-refractivity contribution in [3.63, 3.8) is 0 Å². The van der Waals surface area contributed by atoms with Gasteiger partial charge < -0.3 is 15.0 Å². The van der Waals surface area contributed by atoms with E-state index < -0.39 is 0 Å². The second kappa shape index (κ2) is 8.20. The minimum Gasteiger partial charge on any atom is -0.491 e. The number of rotatable bonds is 3. The average Bonchev–Trinajstić information content (AvgIpc) is 3.39. The van der Waals surface area contributed by atoms with Crippen molar-refractivity contribution in [2.45, 2.75) is 6.54 Å². The highest BCUT2D eigenvalue weighted by Gasteiger charge is 2.23. The second-order valence-electron chi connectivity index (χ2n) is 7.87. The van der Waals surface area contributed by atoms with E-state index in [4.69, 9.17) is 38.7 Å². The number of para-hydroxylation sites is 1. The number of benzene rings is 3. The van der Waals surface area contributed by atoms with Crippen LogP contribution >= 0.6 is 23.2 Å². The molecule has 34 heavy (non-hydrogen) atoms. The number of hydrogen-bond donors (Lipinski definition) is 1. The van der Waals surface area contributed by atoms with Crippen LogP contribution in [0.1, 0.15) is 0 Å². The molecule has 0 saturated heterocycles. The smallest absolute Gasteiger partial charge is 0.240 e. The maximum Gasteiger partial charge on any atom is 0.240 e. The zero-order chi connectivity index (χ0) is 23.2. The van der Waals surface area contributed by atoms with Gasteiger partial charge in [0.15, 0.2) is 5.82 Å². The molecule has 0 spiro atoms. The molecule has 1 aliphatic rings. The summed E-state index contributed by atoms with van der Waals surface area (Å²) in [5.74, 6) is 2.23. The summed E-state index contributed by atoms with van der Waals surface area (Å²) >= 11 is 12.5. The standard InChI is InChI=1S/C25H18Cl2N6O/c26-17-8-5-15(6-9-17)16-7-10-18-22(13-16)34-12-11-32-14-20(29-23(18)32)24-30-25(28)31-33(24)21-4-2-1-3-19(21)27/h1-10,13-14H,11-12H2,(H2,28,31). The molecule has 0 fully saturated rings. The Balaban J connectivity index is 1.44. The zero-order valence-electron chi connectivity index (χ0n) is 17.8. The Morgan fingerprint density at radius 1 is 0.882 bits per heavy atom. The lowest BCUT2D eigenvalue weighted by Gasteiger charge is -2.09. The summed E-state index contributed by atoms with van der Waals surface area (Å²) in [4.78, 5) is 9.34. The van der Waals surface area contributed by atoms with Gasteiger partial charge in [0.25, 0.3) is 0 Å². The van der Waals surface area contributed by atoms with Gasteiger partial charge in [-0.1, -0.05) is 53.5 Å². The summed E-state index contributed by atoms with van der Waals surface area (Å²) in [7, 11) is 0.